The van der Waals surface area contributed by atoms with Gasteiger partial charge >= 0.3 is 0 Å². The Morgan fingerprint density at radius 3 is 2.58 bits per heavy atom. The molecular formula is C23H22ClNO. The molecule has 0 aromatic heterocycles. The lowest BCUT2D eigenvalue weighted by atomic mass is 9.76. The van der Waals surface area contributed by atoms with Crippen molar-refractivity contribution in [1.29, 1.82) is 0 Å². The molecule has 132 valence electrons. The van der Waals surface area contributed by atoms with Crippen LogP contribution in [0.3, 0.4) is 0 Å². The lowest BCUT2D eigenvalue weighted by Crippen LogP contribution is -2.41. The molecule has 1 atom stereocenters. The number of fused-ring (bicyclic) bond motifs is 3. The van der Waals surface area contributed by atoms with Gasteiger partial charge in [-0.15, -0.1) is 12.4 Å². The number of allylic oxidation sites excluding steroid dienone is 4. The fourth-order valence-corrected chi connectivity index (χ4v) is 4.65. The Morgan fingerprint density at radius 1 is 1.00 bits per heavy atom. The van der Waals surface area contributed by atoms with Gasteiger partial charge in [-0.1, -0.05) is 36.5 Å². The molecule has 0 saturated carbocycles. The van der Waals surface area contributed by atoms with E-state index in [1.165, 1.54) is 27.8 Å². The summed E-state index contributed by atoms with van der Waals surface area (Å²) < 4.78 is 6.81. The van der Waals surface area contributed by atoms with E-state index >= 15 is 0 Å². The van der Waals surface area contributed by atoms with Crippen molar-refractivity contribution in [3.05, 3.63) is 82.0 Å². The minimum absolute atomic E-state index is 0. The number of hydrogen-bond acceptors (Lipinski definition) is 2. The highest BCUT2D eigenvalue weighted by Crippen LogP contribution is 2.51. The van der Waals surface area contributed by atoms with E-state index in [0.717, 1.165) is 17.0 Å². The average Bonchev–Trinajstić information content (AvgIpc) is 2.81. The average molecular weight is 364 g/mol. The molecule has 0 fully saturated rings. The third-order valence-corrected chi connectivity index (χ3v) is 5.63. The summed E-state index contributed by atoms with van der Waals surface area (Å²) in [6.07, 6.45) is 17.1. The zero-order valence-corrected chi connectivity index (χ0v) is 16.3. The summed E-state index contributed by atoms with van der Waals surface area (Å²) in [5, 5.41) is 0. The highest BCUT2D eigenvalue weighted by atomic mass is 35.5. The number of benzene rings is 1. The molecule has 0 bridgehead atoms. The number of rotatable bonds is 0. The first kappa shape index (κ1) is 17.1. The van der Waals surface area contributed by atoms with E-state index in [1.807, 2.05) is 0 Å². The van der Waals surface area contributed by atoms with Crippen LogP contribution in [-0.2, 0) is 5.54 Å². The lowest BCUT2D eigenvalue weighted by Gasteiger charge is -2.42. The summed E-state index contributed by atoms with van der Waals surface area (Å²) in [6.45, 7) is 8.63. The van der Waals surface area contributed by atoms with Gasteiger partial charge in [0, 0.05) is 33.5 Å². The predicted octanol–water partition coefficient (Wildman–Crippen LogP) is 5.61. The first-order valence-corrected chi connectivity index (χ1v) is 8.83. The largest absolute Gasteiger partial charge is 0.473 e. The maximum absolute atomic E-state index is 6.81. The van der Waals surface area contributed by atoms with Gasteiger partial charge in [0.1, 0.15) is 5.75 Å². The van der Waals surface area contributed by atoms with Crippen LogP contribution in [0.15, 0.2) is 64.7 Å². The van der Waals surface area contributed by atoms with Crippen LogP contribution in [0, 0.1) is 6.92 Å². The topological polar surface area (TPSA) is 21.6 Å². The number of nitrogens with zero attached hydrogens (tertiary/aromatic N) is 1. The molecule has 1 aromatic carbocycles. The van der Waals surface area contributed by atoms with E-state index in [9.17, 15) is 0 Å². The van der Waals surface area contributed by atoms with E-state index in [2.05, 4.69) is 82.4 Å². The molecule has 0 N–H and O–H groups in total. The van der Waals surface area contributed by atoms with Crippen LogP contribution >= 0.6 is 12.4 Å². The molecule has 0 radical (unpaired) electrons. The second-order valence-corrected chi connectivity index (χ2v) is 7.75. The third-order valence-electron chi connectivity index (χ3n) is 5.63. The summed E-state index contributed by atoms with van der Waals surface area (Å²) in [4.78, 5) is 4.92. The van der Waals surface area contributed by atoms with Crippen LogP contribution in [0.25, 0.3) is 6.08 Å². The van der Waals surface area contributed by atoms with Crippen molar-refractivity contribution in [2.24, 2.45) is 4.99 Å². The van der Waals surface area contributed by atoms with E-state index in [-0.39, 0.29) is 17.9 Å². The predicted molar refractivity (Wildman–Crippen MR) is 111 cm³/mol. The third kappa shape index (κ3) is 2.02. The Kier molecular flexibility index (Phi) is 3.51. The molecule has 0 amide bonds. The molecule has 1 aromatic rings. The zero-order chi connectivity index (χ0) is 17.4. The number of halogens is 1. The van der Waals surface area contributed by atoms with Gasteiger partial charge in [-0.2, -0.15) is 0 Å². The smallest absolute Gasteiger partial charge is 0.178 e. The Hall–Kier alpha value is -2.32. The van der Waals surface area contributed by atoms with E-state index in [0.29, 0.717) is 0 Å². The van der Waals surface area contributed by atoms with E-state index in [1.54, 1.807) is 0 Å². The molecule has 26 heavy (non-hydrogen) atoms. The number of hydrogen-bond donors (Lipinski definition) is 0. The molecule has 5 rings (SSSR count). The summed E-state index contributed by atoms with van der Waals surface area (Å²) in [5.74, 6) is 0.983. The molecule has 2 aliphatic heterocycles. The number of aryl methyl sites for hydroxylation is 1. The van der Waals surface area contributed by atoms with Crippen molar-refractivity contribution in [3.63, 3.8) is 0 Å². The fourth-order valence-electron chi connectivity index (χ4n) is 4.65. The quantitative estimate of drug-likeness (QED) is 0.587. The summed E-state index contributed by atoms with van der Waals surface area (Å²) in [6, 6.07) is 2.24. The Balaban J connectivity index is 0.00000168. The number of aliphatic imine (C=N–C) groups is 1. The Morgan fingerprint density at radius 2 is 1.77 bits per heavy atom. The van der Waals surface area contributed by atoms with Gasteiger partial charge in [0.15, 0.2) is 5.60 Å². The summed E-state index contributed by atoms with van der Waals surface area (Å²) in [5.41, 5.74) is 7.60. The molecule has 3 heteroatoms. The van der Waals surface area contributed by atoms with Crippen LogP contribution in [0.2, 0.25) is 0 Å². The van der Waals surface area contributed by atoms with Crippen molar-refractivity contribution in [2.75, 3.05) is 0 Å². The van der Waals surface area contributed by atoms with Gasteiger partial charge in [-0.05, 0) is 51.5 Å². The van der Waals surface area contributed by atoms with Crippen molar-refractivity contribution in [2.45, 2.75) is 38.8 Å². The molecule has 1 spiro atoms. The summed E-state index contributed by atoms with van der Waals surface area (Å²) in [7, 11) is 0. The van der Waals surface area contributed by atoms with Crippen molar-refractivity contribution in [1.82, 2.24) is 0 Å². The highest BCUT2D eigenvalue weighted by molar-refractivity contribution is 6.05. The van der Waals surface area contributed by atoms with Crippen molar-refractivity contribution < 1.29 is 4.74 Å². The normalized spacial score (nSPS) is 25.6. The van der Waals surface area contributed by atoms with E-state index in [4.69, 9.17) is 9.73 Å². The maximum atomic E-state index is 6.81. The van der Waals surface area contributed by atoms with Crippen molar-refractivity contribution in [3.8, 4) is 5.75 Å². The second kappa shape index (κ2) is 5.34. The maximum Gasteiger partial charge on any atom is 0.178 e. The van der Waals surface area contributed by atoms with E-state index < -0.39 is 5.60 Å². The number of ether oxygens (including phenoxy) is 1. The first-order valence-electron chi connectivity index (χ1n) is 8.83. The minimum atomic E-state index is -0.508. The first-order chi connectivity index (χ1) is 11.9. The Labute approximate surface area is 160 Å². The van der Waals surface area contributed by atoms with Crippen LogP contribution < -0.4 is 4.74 Å². The molecule has 2 nitrogen and oxygen atoms in total. The standard InChI is InChI=1S/C23H21NO.ClH/c1-14-12-16-13-18-10-7-9-17-8-5-6-11-23(17,18)25-21(16)20-19(14)15(2)24-22(20,3)4;/h5-13H,1-4H3;1H. The zero-order valence-electron chi connectivity index (χ0n) is 15.5. The van der Waals surface area contributed by atoms with Crippen LogP contribution in [0.5, 0.6) is 5.75 Å². The Bertz CT molecular complexity index is 1020. The molecule has 2 aliphatic carbocycles. The van der Waals surface area contributed by atoms with Gasteiger partial charge < -0.3 is 4.74 Å². The monoisotopic (exact) mass is 363 g/mol. The van der Waals surface area contributed by atoms with Gasteiger partial charge in [-0.3, -0.25) is 4.99 Å². The fraction of sp³-hybridized carbons (Fsp3) is 0.261. The SMILES string of the molecule is CC1=NC(C)(C)c2c3c(cc(C)c21)C=C1C=CC=C2C=CC=CC21O3.Cl. The molecule has 2 heterocycles. The summed E-state index contributed by atoms with van der Waals surface area (Å²) >= 11 is 0. The van der Waals surface area contributed by atoms with Crippen LogP contribution in [0.1, 0.15) is 43.0 Å². The van der Waals surface area contributed by atoms with Gasteiger partial charge in [0.25, 0.3) is 0 Å². The molecular weight excluding hydrogens is 342 g/mol. The highest BCUT2D eigenvalue weighted by Gasteiger charge is 2.45. The van der Waals surface area contributed by atoms with Crippen LogP contribution in [0.4, 0.5) is 0 Å². The van der Waals surface area contributed by atoms with Gasteiger partial charge in [0.05, 0.1) is 5.54 Å². The van der Waals surface area contributed by atoms with Crippen LogP contribution in [-0.4, -0.2) is 11.3 Å². The molecule has 4 aliphatic rings. The van der Waals surface area contributed by atoms with Gasteiger partial charge in [0.2, 0.25) is 0 Å². The molecule has 1 unspecified atom stereocenters. The second-order valence-electron chi connectivity index (χ2n) is 7.75. The van der Waals surface area contributed by atoms with Gasteiger partial charge in [-0.25, -0.2) is 0 Å². The molecule has 0 saturated heterocycles. The lowest BCUT2D eigenvalue weighted by molar-refractivity contribution is 0.194. The minimum Gasteiger partial charge on any atom is -0.473 e. The van der Waals surface area contributed by atoms with Crippen molar-refractivity contribution >= 4 is 24.2 Å².